The number of nitrogens with one attached hydrogen (secondary N) is 2. The number of nitrogens with zero attached hydrogens (tertiary/aromatic N) is 1. The Balaban J connectivity index is 2.69. The summed E-state index contributed by atoms with van der Waals surface area (Å²) in [5, 5.41) is 2.80. The lowest BCUT2D eigenvalue weighted by Crippen LogP contribution is -2.33. The van der Waals surface area contributed by atoms with Crippen molar-refractivity contribution in [3.8, 4) is 0 Å². The van der Waals surface area contributed by atoms with Gasteiger partial charge in [-0.1, -0.05) is 26.7 Å². The van der Waals surface area contributed by atoms with Gasteiger partial charge in [-0.2, -0.15) is 0 Å². The van der Waals surface area contributed by atoms with Gasteiger partial charge in [-0.05, 0) is 31.4 Å². The first-order valence-corrected chi connectivity index (χ1v) is 8.50. The first-order chi connectivity index (χ1) is 9.36. The molecule has 0 aliphatic rings. The topological polar surface area (TPSA) is 71.1 Å². The van der Waals surface area contributed by atoms with Crippen LogP contribution in [0.1, 0.15) is 40.0 Å². The number of rotatable bonds is 8. The molecule has 0 amide bonds. The van der Waals surface area contributed by atoms with Gasteiger partial charge in [0.25, 0.3) is 0 Å². The number of anilines is 1. The van der Waals surface area contributed by atoms with Crippen molar-refractivity contribution in [2.24, 2.45) is 5.92 Å². The van der Waals surface area contributed by atoms with Crippen molar-refractivity contribution >= 4 is 15.8 Å². The van der Waals surface area contributed by atoms with Crippen LogP contribution in [-0.4, -0.2) is 26.5 Å². The lowest BCUT2D eigenvalue weighted by atomic mass is 10.0. The van der Waals surface area contributed by atoms with Gasteiger partial charge in [0.15, 0.2) is 0 Å². The second-order valence-corrected chi connectivity index (χ2v) is 7.13. The van der Waals surface area contributed by atoms with E-state index in [0.717, 1.165) is 19.3 Å². The molecule has 20 heavy (non-hydrogen) atoms. The van der Waals surface area contributed by atoms with E-state index in [2.05, 4.69) is 28.9 Å². The molecule has 114 valence electrons. The standard InChI is InChI=1S/C14H25N3O2S/c1-11(2)7-5-8-12(3)17-20(18,19)13-9-6-10-16-14(13)15-4/h6,9-12,17H,5,7-8H2,1-4H3,(H,15,16). The van der Waals surface area contributed by atoms with Crippen molar-refractivity contribution < 1.29 is 8.42 Å². The predicted molar refractivity (Wildman–Crippen MR) is 82.3 cm³/mol. The zero-order valence-electron chi connectivity index (χ0n) is 12.7. The Morgan fingerprint density at radius 2 is 1.95 bits per heavy atom. The molecule has 1 unspecified atom stereocenters. The Bertz CT molecular complexity index is 515. The molecule has 0 aliphatic heterocycles. The molecule has 0 aliphatic carbocycles. The summed E-state index contributed by atoms with van der Waals surface area (Å²) in [7, 11) is -1.87. The Morgan fingerprint density at radius 3 is 2.55 bits per heavy atom. The van der Waals surface area contributed by atoms with Crippen molar-refractivity contribution in [3.63, 3.8) is 0 Å². The minimum atomic E-state index is -3.53. The smallest absolute Gasteiger partial charge is 0.244 e. The Hall–Kier alpha value is -1.14. The van der Waals surface area contributed by atoms with Crippen LogP contribution in [0, 0.1) is 5.92 Å². The van der Waals surface area contributed by atoms with Crippen molar-refractivity contribution in [2.45, 2.75) is 51.0 Å². The zero-order valence-corrected chi connectivity index (χ0v) is 13.5. The fraction of sp³-hybridized carbons (Fsp3) is 0.643. The van der Waals surface area contributed by atoms with E-state index < -0.39 is 10.0 Å². The summed E-state index contributed by atoms with van der Waals surface area (Å²) in [6.45, 7) is 6.24. The highest BCUT2D eigenvalue weighted by Crippen LogP contribution is 2.18. The van der Waals surface area contributed by atoms with Crippen molar-refractivity contribution in [1.29, 1.82) is 0 Å². The SMILES string of the molecule is CNc1ncccc1S(=O)(=O)NC(C)CCCC(C)C. The summed E-state index contributed by atoms with van der Waals surface area (Å²) in [5.74, 6) is 1.02. The minimum Gasteiger partial charge on any atom is -0.372 e. The van der Waals surface area contributed by atoms with Crippen LogP contribution in [0.5, 0.6) is 0 Å². The van der Waals surface area contributed by atoms with Crippen molar-refractivity contribution in [1.82, 2.24) is 9.71 Å². The van der Waals surface area contributed by atoms with Crippen molar-refractivity contribution in [2.75, 3.05) is 12.4 Å². The molecule has 0 saturated carbocycles. The van der Waals surface area contributed by atoms with Gasteiger partial charge in [0.1, 0.15) is 10.7 Å². The first-order valence-electron chi connectivity index (χ1n) is 7.02. The molecule has 1 atom stereocenters. The second kappa shape index (κ2) is 7.59. The molecule has 1 aromatic rings. The van der Waals surface area contributed by atoms with Gasteiger partial charge in [-0.3, -0.25) is 0 Å². The molecule has 1 heterocycles. The molecular formula is C14H25N3O2S. The summed E-state index contributed by atoms with van der Waals surface area (Å²) in [6, 6.07) is 3.10. The van der Waals surface area contributed by atoms with E-state index in [0.29, 0.717) is 11.7 Å². The normalized spacial score (nSPS) is 13.4. The molecule has 5 nitrogen and oxygen atoms in total. The predicted octanol–water partition coefficient (Wildman–Crippen LogP) is 2.62. The number of pyridine rings is 1. The molecule has 0 aromatic carbocycles. The lowest BCUT2D eigenvalue weighted by molar-refractivity contribution is 0.488. The van der Waals surface area contributed by atoms with Crippen LogP contribution in [0.25, 0.3) is 0 Å². The van der Waals surface area contributed by atoms with Crippen LogP contribution in [0.2, 0.25) is 0 Å². The van der Waals surface area contributed by atoms with Gasteiger partial charge in [0.05, 0.1) is 0 Å². The van der Waals surface area contributed by atoms with Crippen LogP contribution >= 0.6 is 0 Å². The molecule has 1 rings (SSSR count). The summed E-state index contributed by atoms with van der Waals surface area (Å²) >= 11 is 0. The average Bonchev–Trinajstić information content (AvgIpc) is 2.37. The summed E-state index contributed by atoms with van der Waals surface area (Å²) < 4.78 is 27.4. The van der Waals surface area contributed by atoms with E-state index in [1.807, 2.05) is 6.92 Å². The van der Waals surface area contributed by atoms with Gasteiger partial charge in [0.2, 0.25) is 10.0 Å². The van der Waals surface area contributed by atoms with E-state index in [-0.39, 0.29) is 10.9 Å². The quantitative estimate of drug-likeness (QED) is 0.774. The van der Waals surface area contributed by atoms with E-state index in [1.54, 1.807) is 25.4 Å². The summed E-state index contributed by atoms with van der Waals surface area (Å²) in [6.07, 6.45) is 4.54. The third kappa shape index (κ3) is 5.09. The van der Waals surface area contributed by atoms with Crippen LogP contribution in [0.3, 0.4) is 0 Å². The van der Waals surface area contributed by atoms with Gasteiger partial charge < -0.3 is 5.32 Å². The number of sulfonamides is 1. The highest BCUT2D eigenvalue weighted by molar-refractivity contribution is 7.89. The molecule has 0 saturated heterocycles. The van der Waals surface area contributed by atoms with Crippen LogP contribution in [0.15, 0.2) is 23.2 Å². The number of hydrogen-bond acceptors (Lipinski definition) is 4. The fourth-order valence-electron chi connectivity index (χ4n) is 2.01. The third-order valence-electron chi connectivity index (χ3n) is 3.07. The van der Waals surface area contributed by atoms with E-state index in [9.17, 15) is 8.42 Å². The van der Waals surface area contributed by atoms with Gasteiger partial charge in [0, 0.05) is 19.3 Å². The molecule has 2 N–H and O–H groups in total. The molecule has 1 aromatic heterocycles. The van der Waals surface area contributed by atoms with Gasteiger partial charge in [-0.15, -0.1) is 0 Å². The molecular weight excluding hydrogens is 274 g/mol. The van der Waals surface area contributed by atoms with E-state index >= 15 is 0 Å². The van der Waals surface area contributed by atoms with Crippen molar-refractivity contribution in [3.05, 3.63) is 18.3 Å². The minimum absolute atomic E-state index is 0.0799. The highest BCUT2D eigenvalue weighted by atomic mass is 32.2. The number of hydrogen-bond donors (Lipinski definition) is 2. The summed E-state index contributed by atoms with van der Waals surface area (Å²) in [5.41, 5.74) is 0. The molecule has 0 spiro atoms. The third-order valence-corrected chi connectivity index (χ3v) is 4.69. The Kier molecular flexibility index (Phi) is 6.42. The molecule has 0 bridgehead atoms. The molecule has 0 fully saturated rings. The van der Waals surface area contributed by atoms with E-state index in [4.69, 9.17) is 0 Å². The number of aromatic nitrogens is 1. The Morgan fingerprint density at radius 1 is 1.25 bits per heavy atom. The van der Waals surface area contributed by atoms with Gasteiger partial charge >= 0.3 is 0 Å². The fourth-order valence-corrected chi connectivity index (χ4v) is 3.46. The zero-order chi connectivity index (χ0) is 15.2. The van der Waals surface area contributed by atoms with Gasteiger partial charge in [-0.25, -0.2) is 18.1 Å². The largest absolute Gasteiger partial charge is 0.372 e. The lowest BCUT2D eigenvalue weighted by Gasteiger charge is -2.16. The van der Waals surface area contributed by atoms with Crippen LogP contribution in [-0.2, 0) is 10.0 Å². The highest BCUT2D eigenvalue weighted by Gasteiger charge is 2.20. The Labute approximate surface area is 122 Å². The monoisotopic (exact) mass is 299 g/mol. The first kappa shape index (κ1) is 16.9. The summed E-state index contributed by atoms with van der Waals surface area (Å²) in [4.78, 5) is 4.22. The van der Waals surface area contributed by atoms with Crippen LogP contribution < -0.4 is 10.0 Å². The maximum Gasteiger partial charge on any atom is 0.244 e. The van der Waals surface area contributed by atoms with Crippen LogP contribution in [0.4, 0.5) is 5.82 Å². The average molecular weight is 299 g/mol. The maximum absolute atomic E-state index is 12.3. The second-order valence-electron chi connectivity index (χ2n) is 5.45. The molecule has 6 heteroatoms. The van der Waals surface area contributed by atoms with E-state index in [1.165, 1.54) is 0 Å². The molecule has 0 radical (unpaired) electrons. The maximum atomic E-state index is 12.3.